The van der Waals surface area contributed by atoms with Gasteiger partial charge < -0.3 is 24.4 Å². The molecule has 1 amide bonds. The number of H-pyrrole nitrogens is 1. The van der Waals surface area contributed by atoms with Crippen LogP contribution in [0.2, 0.25) is 0 Å². The second-order valence-electron chi connectivity index (χ2n) is 7.50. The van der Waals surface area contributed by atoms with Crippen LogP contribution in [-0.4, -0.2) is 50.3 Å². The number of anilines is 1. The van der Waals surface area contributed by atoms with Gasteiger partial charge in [-0.15, -0.1) is 10.2 Å². The van der Waals surface area contributed by atoms with Crippen LogP contribution in [-0.2, 0) is 11.3 Å². The van der Waals surface area contributed by atoms with Gasteiger partial charge in [0.1, 0.15) is 12.3 Å². The van der Waals surface area contributed by atoms with Crippen molar-refractivity contribution in [1.29, 1.82) is 0 Å². The van der Waals surface area contributed by atoms with Crippen LogP contribution in [0.1, 0.15) is 18.4 Å². The first-order valence-corrected chi connectivity index (χ1v) is 10.2. The summed E-state index contributed by atoms with van der Waals surface area (Å²) < 4.78 is 10.9. The summed E-state index contributed by atoms with van der Waals surface area (Å²) in [4.78, 5) is 21.9. The number of hydrogen-bond donors (Lipinski definition) is 2. The zero-order valence-corrected chi connectivity index (χ0v) is 16.8. The molecule has 1 fully saturated rings. The van der Waals surface area contributed by atoms with Gasteiger partial charge in [0.15, 0.2) is 0 Å². The number of fused-ring (bicyclic) bond motifs is 1. The third-order valence-corrected chi connectivity index (χ3v) is 5.41. The number of carbonyl (C=O) groups excluding carboxylic acids is 1. The SMILES string of the molecule is O=C(OCc1ccccc1)N1CCC[C@@H](Nc2c(-c3nnco3)cnc3[nH]ccc23)C1. The standard InChI is InChI=1S/C22H22N6O3/c29-22(30-13-15-5-2-1-3-6-15)28-10-4-7-16(12-28)26-19-17-8-9-23-20(17)24-11-18(19)21-27-25-14-31-21/h1-3,5-6,8-9,11,14,16H,4,7,10,12-13H2,(H2,23,24,26)/t16-/m1/s1. The minimum absolute atomic E-state index is 0.0557. The predicted molar refractivity (Wildman–Crippen MR) is 114 cm³/mol. The van der Waals surface area contributed by atoms with E-state index in [0.29, 0.717) is 19.0 Å². The molecule has 31 heavy (non-hydrogen) atoms. The minimum Gasteiger partial charge on any atom is -0.445 e. The number of nitrogens with zero attached hydrogens (tertiary/aromatic N) is 4. The van der Waals surface area contributed by atoms with E-state index in [-0.39, 0.29) is 18.7 Å². The first kappa shape index (κ1) is 19.1. The van der Waals surface area contributed by atoms with E-state index in [4.69, 9.17) is 9.15 Å². The molecule has 158 valence electrons. The van der Waals surface area contributed by atoms with E-state index in [2.05, 4.69) is 25.5 Å². The molecule has 0 aliphatic carbocycles. The van der Waals surface area contributed by atoms with Gasteiger partial charge in [-0.3, -0.25) is 0 Å². The lowest BCUT2D eigenvalue weighted by molar-refractivity contribution is 0.0875. The molecular weight excluding hydrogens is 396 g/mol. The van der Waals surface area contributed by atoms with Crippen molar-refractivity contribution in [3.05, 3.63) is 60.7 Å². The smallest absolute Gasteiger partial charge is 0.410 e. The number of rotatable bonds is 5. The van der Waals surface area contributed by atoms with Crippen molar-refractivity contribution in [3.8, 4) is 11.5 Å². The Balaban J connectivity index is 1.31. The molecule has 2 N–H and O–H groups in total. The summed E-state index contributed by atoms with van der Waals surface area (Å²) in [6, 6.07) is 11.7. The van der Waals surface area contributed by atoms with Gasteiger partial charge in [-0.25, -0.2) is 9.78 Å². The third kappa shape index (κ3) is 4.07. The van der Waals surface area contributed by atoms with Gasteiger partial charge in [-0.2, -0.15) is 0 Å². The monoisotopic (exact) mass is 418 g/mol. The molecule has 4 aromatic rings. The van der Waals surface area contributed by atoms with Crippen LogP contribution < -0.4 is 5.32 Å². The van der Waals surface area contributed by atoms with E-state index >= 15 is 0 Å². The number of ether oxygens (including phenoxy) is 1. The van der Waals surface area contributed by atoms with Crippen molar-refractivity contribution >= 4 is 22.8 Å². The lowest BCUT2D eigenvalue weighted by Gasteiger charge is -2.33. The first-order valence-electron chi connectivity index (χ1n) is 10.2. The average Bonchev–Trinajstić information content (AvgIpc) is 3.51. The summed E-state index contributed by atoms with van der Waals surface area (Å²) in [5.41, 5.74) is 3.33. The number of aromatic amines is 1. The number of aromatic nitrogens is 4. The molecule has 0 radical (unpaired) electrons. The van der Waals surface area contributed by atoms with Crippen LogP contribution >= 0.6 is 0 Å². The van der Waals surface area contributed by atoms with E-state index in [1.807, 2.05) is 42.6 Å². The van der Waals surface area contributed by atoms with E-state index in [9.17, 15) is 4.79 Å². The number of carbonyl (C=O) groups is 1. The number of amides is 1. The maximum absolute atomic E-state index is 12.6. The Labute approximate surface area is 178 Å². The topological polar surface area (TPSA) is 109 Å². The van der Waals surface area contributed by atoms with Crippen LogP contribution in [0.4, 0.5) is 10.5 Å². The molecule has 1 aromatic carbocycles. The second-order valence-corrected chi connectivity index (χ2v) is 7.50. The molecule has 1 aliphatic rings. The average molecular weight is 418 g/mol. The maximum Gasteiger partial charge on any atom is 0.410 e. The van der Waals surface area contributed by atoms with E-state index in [0.717, 1.165) is 40.7 Å². The lowest BCUT2D eigenvalue weighted by Crippen LogP contribution is -2.45. The van der Waals surface area contributed by atoms with E-state index in [1.54, 1.807) is 11.1 Å². The fourth-order valence-electron chi connectivity index (χ4n) is 3.89. The second kappa shape index (κ2) is 8.47. The Morgan fingerprint density at radius 1 is 1.29 bits per heavy atom. The number of nitrogens with one attached hydrogen (secondary N) is 2. The lowest BCUT2D eigenvalue weighted by atomic mass is 10.0. The zero-order valence-electron chi connectivity index (χ0n) is 16.8. The van der Waals surface area contributed by atoms with Crippen molar-refractivity contribution < 1.29 is 13.9 Å². The third-order valence-electron chi connectivity index (χ3n) is 5.41. The zero-order chi connectivity index (χ0) is 21.0. The highest BCUT2D eigenvalue weighted by molar-refractivity contribution is 5.97. The van der Waals surface area contributed by atoms with Crippen molar-refractivity contribution in [3.63, 3.8) is 0 Å². The highest BCUT2D eigenvalue weighted by Gasteiger charge is 2.26. The highest BCUT2D eigenvalue weighted by atomic mass is 16.6. The fraction of sp³-hybridized carbons (Fsp3) is 0.273. The molecule has 1 saturated heterocycles. The Morgan fingerprint density at radius 3 is 3.03 bits per heavy atom. The normalized spacial score (nSPS) is 16.4. The molecule has 4 heterocycles. The number of benzene rings is 1. The molecule has 0 spiro atoms. The summed E-state index contributed by atoms with van der Waals surface area (Å²) in [5.74, 6) is 0.396. The molecule has 9 nitrogen and oxygen atoms in total. The molecular formula is C22H22N6O3. The molecule has 3 aromatic heterocycles. The first-order chi connectivity index (χ1) is 15.3. The number of piperidine rings is 1. The molecule has 9 heteroatoms. The van der Waals surface area contributed by atoms with Gasteiger partial charge in [0, 0.05) is 36.9 Å². The van der Waals surface area contributed by atoms with Crippen molar-refractivity contribution in [2.75, 3.05) is 18.4 Å². The molecule has 0 unspecified atom stereocenters. The predicted octanol–water partition coefficient (Wildman–Crippen LogP) is 3.83. The molecule has 5 rings (SSSR count). The Morgan fingerprint density at radius 2 is 2.19 bits per heavy atom. The summed E-state index contributed by atoms with van der Waals surface area (Å²) in [7, 11) is 0. The fourth-order valence-corrected chi connectivity index (χ4v) is 3.89. The van der Waals surface area contributed by atoms with Crippen molar-refractivity contribution in [2.24, 2.45) is 0 Å². The van der Waals surface area contributed by atoms with Crippen LogP contribution in [0.15, 0.2) is 59.6 Å². The molecule has 0 bridgehead atoms. The Hall–Kier alpha value is -3.88. The molecule has 1 aliphatic heterocycles. The quantitative estimate of drug-likeness (QED) is 0.507. The maximum atomic E-state index is 12.6. The summed E-state index contributed by atoms with van der Waals surface area (Å²) in [6.07, 6.45) is 6.37. The molecule has 0 saturated carbocycles. The van der Waals surface area contributed by atoms with Crippen molar-refractivity contribution in [2.45, 2.75) is 25.5 Å². The largest absolute Gasteiger partial charge is 0.445 e. The van der Waals surface area contributed by atoms with Gasteiger partial charge >= 0.3 is 6.09 Å². The Bertz CT molecular complexity index is 1160. The summed E-state index contributed by atoms with van der Waals surface area (Å²) >= 11 is 0. The van der Waals surface area contributed by atoms with Crippen LogP contribution in [0, 0.1) is 0 Å². The van der Waals surface area contributed by atoms with E-state index in [1.165, 1.54) is 6.39 Å². The van der Waals surface area contributed by atoms with E-state index < -0.39 is 0 Å². The van der Waals surface area contributed by atoms with Gasteiger partial charge in [0.25, 0.3) is 5.89 Å². The van der Waals surface area contributed by atoms with Crippen LogP contribution in [0.25, 0.3) is 22.5 Å². The number of hydrogen-bond acceptors (Lipinski definition) is 7. The van der Waals surface area contributed by atoms with Gasteiger partial charge in [-0.1, -0.05) is 30.3 Å². The summed E-state index contributed by atoms with van der Waals surface area (Å²) in [6.45, 7) is 1.49. The minimum atomic E-state index is -0.297. The highest BCUT2D eigenvalue weighted by Crippen LogP contribution is 2.33. The Kier molecular flexibility index (Phi) is 5.22. The molecule has 1 atom stereocenters. The van der Waals surface area contributed by atoms with Crippen LogP contribution in [0.3, 0.4) is 0 Å². The number of likely N-dealkylation sites (tertiary alicyclic amines) is 1. The van der Waals surface area contributed by atoms with Gasteiger partial charge in [0.05, 0.1) is 11.3 Å². The van der Waals surface area contributed by atoms with Crippen molar-refractivity contribution in [1.82, 2.24) is 25.1 Å². The van der Waals surface area contributed by atoms with Gasteiger partial charge in [0.2, 0.25) is 6.39 Å². The number of pyridine rings is 1. The van der Waals surface area contributed by atoms with Gasteiger partial charge in [-0.05, 0) is 24.5 Å². The summed E-state index contributed by atoms with van der Waals surface area (Å²) in [5, 5.41) is 12.3. The van der Waals surface area contributed by atoms with Crippen LogP contribution in [0.5, 0.6) is 0 Å².